The molecule has 2 atom stereocenters. The number of allylic oxidation sites excluding steroid dienone is 1. The van der Waals surface area contributed by atoms with Crippen LogP contribution in [0.3, 0.4) is 0 Å². The molecule has 0 aromatic heterocycles. The number of nitrogens with one attached hydrogen (secondary N) is 1. The Morgan fingerprint density at radius 1 is 0.870 bits per heavy atom. The number of esters is 1. The van der Waals surface area contributed by atoms with Gasteiger partial charge in [-0.05, 0) is 56.1 Å². The van der Waals surface area contributed by atoms with Crippen LogP contribution in [0.1, 0.15) is 47.7 Å². The smallest absolute Gasteiger partial charge is 0.310 e. The van der Waals surface area contributed by atoms with E-state index in [1.165, 1.54) is 0 Å². The Morgan fingerprint density at radius 2 is 1.59 bits per heavy atom. The number of anilines is 1. The summed E-state index contributed by atoms with van der Waals surface area (Å²) < 4.78 is 5.34. The number of benzene rings is 4. The lowest BCUT2D eigenvalue weighted by Crippen LogP contribution is -2.48. The standard InChI is InChI=1S/C30H27NO4.C9H8N2/c1-17(2)16-35-25(32)15-24-22-13-12-21-20-11-7-6-10-19(20)14-23(18-8-4-3-5-9-18)26(21)27(22)30(34)28(31)29(24)33;1-2-5-9-8(4-1)10-6-3-7-11-9/h3-14,17,23,28H,15-16,31H2,1-2H3;1-7,10H. The number of ether oxygens (including phenoxy) is 1. The maximum atomic E-state index is 13.5. The van der Waals surface area contributed by atoms with Crippen LogP contribution in [0.4, 0.5) is 11.4 Å². The van der Waals surface area contributed by atoms with Gasteiger partial charge in [0.1, 0.15) is 6.04 Å². The van der Waals surface area contributed by atoms with E-state index in [0.29, 0.717) is 10.8 Å². The van der Waals surface area contributed by atoms with Gasteiger partial charge in [-0.15, -0.1) is 0 Å². The van der Waals surface area contributed by atoms with E-state index >= 15 is 0 Å². The molecule has 0 bridgehead atoms. The average Bonchev–Trinajstić information content (AvgIpc) is 3.34. The molecule has 0 saturated carbocycles. The summed E-state index contributed by atoms with van der Waals surface area (Å²) >= 11 is 0. The monoisotopic (exact) mass is 609 g/mol. The Morgan fingerprint density at radius 3 is 2.39 bits per heavy atom. The highest BCUT2D eigenvalue weighted by Crippen LogP contribution is 2.33. The summed E-state index contributed by atoms with van der Waals surface area (Å²) in [5, 5.41) is 6.64. The number of ketones is 2. The number of rotatable bonds is 5. The summed E-state index contributed by atoms with van der Waals surface area (Å²) in [7, 11) is 0. The fourth-order valence-corrected chi connectivity index (χ4v) is 6.01. The SMILES string of the molecule is C1=CNc2ccccc2N=C1.CC(C)COC(=O)CC1=c2ccc3c(c2C(=O)C(N)C1=O)C(c1ccccc1)C=c1ccccc1=3. The van der Waals surface area contributed by atoms with E-state index in [1.807, 2.05) is 105 Å². The number of para-hydroxylation sites is 2. The molecule has 0 radical (unpaired) electrons. The van der Waals surface area contributed by atoms with Crippen LogP contribution in [0.5, 0.6) is 0 Å². The highest BCUT2D eigenvalue weighted by atomic mass is 16.5. The maximum absolute atomic E-state index is 13.5. The van der Waals surface area contributed by atoms with Crippen LogP contribution in [0.15, 0.2) is 108 Å². The third kappa shape index (κ3) is 6.10. The van der Waals surface area contributed by atoms with Gasteiger partial charge < -0.3 is 15.8 Å². The molecule has 1 heterocycles. The first-order chi connectivity index (χ1) is 22.3. The van der Waals surface area contributed by atoms with E-state index in [0.717, 1.165) is 38.2 Å². The Labute approximate surface area is 267 Å². The van der Waals surface area contributed by atoms with Crippen molar-refractivity contribution in [2.45, 2.75) is 32.2 Å². The van der Waals surface area contributed by atoms with Crippen molar-refractivity contribution >= 4 is 46.8 Å². The van der Waals surface area contributed by atoms with Gasteiger partial charge in [-0.25, -0.2) is 0 Å². The summed E-state index contributed by atoms with van der Waals surface area (Å²) in [5.74, 6) is -1.44. The fraction of sp³-hybridized carbons (Fsp3) is 0.179. The molecule has 4 aromatic carbocycles. The topological polar surface area (TPSA) is 111 Å². The summed E-state index contributed by atoms with van der Waals surface area (Å²) in [4.78, 5) is 43.4. The molecule has 2 aliphatic carbocycles. The minimum atomic E-state index is -1.34. The lowest BCUT2D eigenvalue weighted by molar-refractivity contribution is -0.143. The molecule has 7 rings (SSSR count). The first-order valence-corrected chi connectivity index (χ1v) is 15.4. The molecule has 0 spiro atoms. The lowest BCUT2D eigenvalue weighted by atomic mass is 9.76. The molecular weight excluding hydrogens is 574 g/mol. The van der Waals surface area contributed by atoms with E-state index in [4.69, 9.17) is 10.5 Å². The largest absolute Gasteiger partial charge is 0.465 e. The Balaban J connectivity index is 0.000000283. The zero-order valence-electron chi connectivity index (χ0n) is 25.8. The molecule has 7 nitrogen and oxygen atoms in total. The minimum Gasteiger partial charge on any atom is -0.465 e. The number of hydrogen-bond acceptors (Lipinski definition) is 7. The summed E-state index contributed by atoms with van der Waals surface area (Å²) in [6.07, 6.45) is 7.46. The van der Waals surface area contributed by atoms with Gasteiger partial charge in [-0.2, -0.15) is 0 Å². The number of nitrogens with two attached hydrogens (primary N) is 1. The van der Waals surface area contributed by atoms with Crippen LogP contribution >= 0.6 is 0 Å². The fourth-order valence-electron chi connectivity index (χ4n) is 6.01. The summed E-state index contributed by atoms with van der Waals surface area (Å²) in [6, 6.07) is 28.4. The first kappa shape index (κ1) is 30.6. The second-order valence-corrected chi connectivity index (χ2v) is 11.8. The van der Waals surface area contributed by atoms with Crippen molar-refractivity contribution in [3.8, 4) is 0 Å². The van der Waals surface area contributed by atoms with E-state index in [9.17, 15) is 14.4 Å². The molecule has 2 unspecified atom stereocenters. The van der Waals surface area contributed by atoms with E-state index in [2.05, 4.69) is 22.5 Å². The van der Waals surface area contributed by atoms with Gasteiger partial charge in [0, 0.05) is 29.5 Å². The quantitative estimate of drug-likeness (QED) is 0.242. The van der Waals surface area contributed by atoms with Crippen molar-refractivity contribution in [1.29, 1.82) is 0 Å². The van der Waals surface area contributed by atoms with Gasteiger partial charge in [-0.1, -0.05) is 98.8 Å². The van der Waals surface area contributed by atoms with Crippen molar-refractivity contribution < 1.29 is 19.1 Å². The van der Waals surface area contributed by atoms with Crippen molar-refractivity contribution in [3.63, 3.8) is 0 Å². The predicted octanol–water partition coefficient (Wildman–Crippen LogP) is 5.06. The summed E-state index contributed by atoms with van der Waals surface area (Å²) in [6.45, 7) is 4.16. The number of fused-ring (bicyclic) bond motifs is 5. The third-order valence-electron chi connectivity index (χ3n) is 8.18. The van der Waals surface area contributed by atoms with Gasteiger partial charge in [0.05, 0.1) is 24.4 Å². The van der Waals surface area contributed by atoms with Gasteiger partial charge in [0.2, 0.25) is 0 Å². The van der Waals surface area contributed by atoms with Crippen molar-refractivity contribution in [2.75, 3.05) is 11.9 Å². The van der Waals surface area contributed by atoms with Crippen molar-refractivity contribution in [1.82, 2.24) is 0 Å². The number of carbonyl (C=O) groups excluding carboxylic acids is 3. The Bertz CT molecular complexity index is 2120. The number of nitrogens with zero attached hydrogens (tertiary/aromatic N) is 1. The molecule has 230 valence electrons. The van der Waals surface area contributed by atoms with Crippen LogP contribution in [0.2, 0.25) is 0 Å². The highest BCUT2D eigenvalue weighted by molar-refractivity contribution is 6.33. The molecule has 46 heavy (non-hydrogen) atoms. The summed E-state index contributed by atoms with van der Waals surface area (Å²) in [5.41, 5.74) is 10.7. The average molecular weight is 610 g/mol. The molecule has 3 N–H and O–H groups in total. The number of hydrogen-bond donors (Lipinski definition) is 2. The first-order valence-electron chi connectivity index (χ1n) is 15.4. The van der Waals surface area contributed by atoms with Gasteiger partial charge in [0.25, 0.3) is 0 Å². The number of carbonyl (C=O) groups is 3. The normalized spacial score (nSPS) is 17.3. The van der Waals surface area contributed by atoms with Crippen molar-refractivity contribution in [2.24, 2.45) is 16.6 Å². The molecular formula is C39H35N3O4. The van der Waals surface area contributed by atoms with Crippen LogP contribution in [0.25, 0.3) is 11.6 Å². The molecule has 0 saturated heterocycles. The lowest BCUT2D eigenvalue weighted by Gasteiger charge is -2.26. The molecule has 7 heteroatoms. The van der Waals surface area contributed by atoms with Crippen molar-refractivity contribution in [3.05, 3.63) is 141 Å². The zero-order chi connectivity index (χ0) is 32.2. The Hall–Kier alpha value is -5.40. The third-order valence-corrected chi connectivity index (χ3v) is 8.18. The van der Waals surface area contributed by atoms with Gasteiger partial charge in [-0.3, -0.25) is 19.4 Å². The predicted molar refractivity (Wildman–Crippen MR) is 181 cm³/mol. The zero-order valence-corrected chi connectivity index (χ0v) is 25.8. The highest BCUT2D eigenvalue weighted by Gasteiger charge is 2.37. The minimum absolute atomic E-state index is 0.177. The van der Waals surface area contributed by atoms with Crippen LogP contribution in [0, 0.1) is 16.4 Å². The van der Waals surface area contributed by atoms with Crippen LogP contribution < -0.4 is 21.5 Å². The van der Waals surface area contributed by atoms with Crippen LogP contribution in [-0.2, 0) is 14.3 Å². The molecule has 3 aliphatic rings. The van der Waals surface area contributed by atoms with E-state index in [1.54, 1.807) is 12.3 Å². The molecule has 0 amide bonds. The van der Waals surface area contributed by atoms with E-state index in [-0.39, 0.29) is 30.4 Å². The molecule has 0 fully saturated rings. The van der Waals surface area contributed by atoms with Crippen LogP contribution in [-0.4, -0.2) is 36.4 Å². The second-order valence-electron chi connectivity index (χ2n) is 11.8. The Kier molecular flexibility index (Phi) is 8.85. The maximum Gasteiger partial charge on any atom is 0.310 e. The number of aliphatic imine (C=N–C) groups is 1. The molecule has 1 aliphatic heterocycles. The number of Topliss-reactive ketones (excluding diaryl/α,β-unsaturated/α-hetero) is 2. The van der Waals surface area contributed by atoms with Gasteiger partial charge in [0.15, 0.2) is 11.6 Å². The van der Waals surface area contributed by atoms with E-state index < -0.39 is 23.6 Å². The van der Waals surface area contributed by atoms with Gasteiger partial charge >= 0.3 is 5.97 Å². The second kappa shape index (κ2) is 13.3. The molecule has 4 aromatic rings.